The second kappa shape index (κ2) is 6.92. The molecule has 0 fully saturated rings. The molecule has 4 aromatic rings. The second-order valence-electron chi connectivity index (χ2n) is 6.18. The molecule has 6 heteroatoms. The standard InChI is InChI=1S/C21H17N3O3/c1-13(27-21(26)19-16-10-4-5-11-18(16)23-24-19)20(25)22-17-12-6-8-14-7-2-3-9-15(14)17/h2-13H,1H3,(H,22,25)(H,23,24). The third-order valence-electron chi connectivity index (χ3n) is 4.36. The maximum absolute atomic E-state index is 12.5. The maximum atomic E-state index is 12.5. The van der Waals surface area contributed by atoms with Crippen molar-refractivity contribution in [3.05, 3.63) is 72.4 Å². The van der Waals surface area contributed by atoms with Gasteiger partial charge in [-0.1, -0.05) is 54.6 Å². The second-order valence-corrected chi connectivity index (χ2v) is 6.18. The molecule has 1 unspecified atom stereocenters. The zero-order chi connectivity index (χ0) is 18.8. The van der Waals surface area contributed by atoms with Crippen molar-refractivity contribution < 1.29 is 14.3 Å². The van der Waals surface area contributed by atoms with Gasteiger partial charge < -0.3 is 10.1 Å². The quantitative estimate of drug-likeness (QED) is 0.541. The predicted molar refractivity (Wildman–Crippen MR) is 104 cm³/mol. The molecule has 0 saturated heterocycles. The summed E-state index contributed by atoms with van der Waals surface area (Å²) in [6, 6.07) is 20.6. The topological polar surface area (TPSA) is 84.1 Å². The molecule has 1 heterocycles. The lowest BCUT2D eigenvalue weighted by Gasteiger charge is -2.14. The van der Waals surface area contributed by atoms with E-state index in [1.54, 1.807) is 6.07 Å². The van der Waals surface area contributed by atoms with Crippen molar-refractivity contribution >= 4 is 39.2 Å². The molecule has 1 aromatic heterocycles. The molecule has 0 spiro atoms. The van der Waals surface area contributed by atoms with E-state index in [1.165, 1.54) is 6.92 Å². The number of carbonyl (C=O) groups is 2. The smallest absolute Gasteiger partial charge is 0.360 e. The summed E-state index contributed by atoms with van der Waals surface area (Å²) in [4.78, 5) is 24.9. The van der Waals surface area contributed by atoms with Crippen molar-refractivity contribution in [3.63, 3.8) is 0 Å². The minimum absolute atomic E-state index is 0.162. The first kappa shape index (κ1) is 16.8. The molecule has 0 aliphatic heterocycles. The van der Waals surface area contributed by atoms with Crippen molar-refractivity contribution in [1.82, 2.24) is 10.2 Å². The molecule has 6 nitrogen and oxygen atoms in total. The minimum Gasteiger partial charge on any atom is -0.448 e. The Kier molecular flexibility index (Phi) is 4.30. The van der Waals surface area contributed by atoms with Crippen LogP contribution in [0.3, 0.4) is 0 Å². The summed E-state index contributed by atoms with van der Waals surface area (Å²) in [6.07, 6.45) is -0.966. The fourth-order valence-corrected chi connectivity index (χ4v) is 2.96. The van der Waals surface area contributed by atoms with Gasteiger partial charge in [0.25, 0.3) is 5.91 Å². The number of fused-ring (bicyclic) bond motifs is 2. The third kappa shape index (κ3) is 3.25. The number of hydrogen-bond acceptors (Lipinski definition) is 4. The van der Waals surface area contributed by atoms with E-state index in [0.717, 1.165) is 16.3 Å². The molecule has 0 radical (unpaired) electrons. The van der Waals surface area contributed by atoms with Crippen LogP contribution in [0.25, 0.3) is 21.7 Å². The van der Waals surface area contributed by atoms with Gasteiger partial charge in [-0.15, -0.1) is 0 Å². The first-order chi connectivity index (χ1) is 13.1. The number of para-hydroxylation sites is 1. The summed E-state index contributed by atoms with van der Waals surface area (Å²) >= 11 is 0. The van der Waals surface area contributed by atoms with E-state index < -0.39 is 18.0 Å². The fourth-order valence-electron chi connectivity index (χ4n) is 2.96. The lowest BCUT2D eigenvalue weighted by Crippen LogP contribution is -2.30. The van der Waals surface area contributed by atoms with Crippen LogP contribution in [-0.2, 0) is 9.53 Å². The zero-order valence-electron chi connectivity index (χ0n) is 14.6. The van der Waals surface area contributed by atoms with Crippen LogP contribution in [0.2, 0.25) is 0 Å². The van der Waals surface area contributed by atoms with Gasteiger partial charge in [0.2, 0.25) is 0 Å². The summed E-state index contributed by atoms with van der Waals surface area (Å²) in [5.74, 6) is -1.05. The van der Waals surface area contributed by atoms with Gasteiger partial charge in [0.15, 0.2) is 11.8 Å². The molecule has 0 aliphatic carbocycles. The van der Waals surface area contributed by atoms with Gasteiger partial charge in [0.05, 0.1) is 5.52 Å². The van der Waals surface area contributed by atoms with Crippen LogP contribution in [0.1, 0.15) is 17.4 Å². The fraction of sp³-hybridized carbons (Fsp3) is 0.0952. The van der Waals surface area contributed by atoms with Gasteiger partial charge in [0.1, 0.15) is 0 Å². The number of H-pyrrole nitrogens is 1. The molecule has 1 atom stereocenters. The van der Waals surface area contributed by atoms with Crippen molar-refractivity contribution in [1.29, 1.82) is 0 Å². The van der Waals surface area contributed by atoms with E-state index in [9.17, 15) is 9.59 Å². The summed E-state index contributed by atoms with van der Waals surface area (Å²) in [5, 5.41) is 12.2. The van der Waals surface area contributed by atoms with Crippen LogP contribution in [0.15, 0.2) is 66.7 Å². The number of esters is 1. The number of hydrogen-bond donors (Lipinski definition) is 2. The van der Waals surface area contributed by atoms with Gasteiger partial charge in [-0.3, -0.25) is 9.89 Å². The number of ether oxygens (including phenoxy) is 1. The number of carbonyl (C=O) groups excluding carboxylic acids is 2. The maximum Gasteiger partial charge on any atom is 0.360 e. The average molecular weight is 359 g/mol. The SMILES string of the molecule is CC(OC(=O)c1n[nH]c2ccccc12)C(=O)Nc1cccc2ccccc12. The monoisotopic (exact) mass is 359 g/mol. The van der Waals surface area contributed by atoms with Gasteiger partial charge >= 0.3 is 5.97 Å². The molecule has 0 aliphatic rings. The highest BCUT2D eigenvalue weighted by Gasteiger charge is 2.22. The molecule has 0 bridgehead atoms. The van der Waals surface area contributed by atoms with E-state index in [2.05, 4.69) is 15.5 Å². The zero-order valence-corrected chi connectivity index (χ0v) is 14.6. The van der Waals surface area contributed by atoms with Crippen LogP contribution in [0, 0.1) is 0 Å². The first-order valence-electron chi connectivity index (χ1n) is 8.56. The van der Waals surface area contributed by atoms with E-state index in [0.29, 0.717) is 11.1 Å². The average Bonchev–Trinajstić information content (AvgIpc) is 3.12. The normalized spacial score (nSPS) is 12.0. The Morgan fingerprint density at radius 3 is 2.52 bits per heavy atom. The summed E-state index contributed by atoms with van der Waals surface area (Å²) in [7, 11) is 0. The third-order valence-corrected chi connectivity index (χ3v) is 4.36. The van der Waals surface area contributed by atoms with Crippen LogP contribution < -0.4 is 5.32 Å². The van der Waals surface area contributed by atoms with E-state index >= 15 is 0 Å². The number of nitrogens with one attached hydrogen (secondary N) is 2. The first-order valence-corrected chi connectivity index (χ1v) is 8.56. The highest BCUT2D eigenvalue weighted by atomic mass is 16.5. The Morgan fingerprint density at radius 1 is 0.963 bits per heavy atom. The Balaban J connectivity index is 1.50. The molecule has 134 valence electrons. The molecular formula is C21H17N3O3. The Hall–Kier alpha value is -3.67. The number of rotatable bonds is 4. The number of aromatic nitrogens is 2. The molecule has 2 N–H and O–H groups in total. The van der Waals surface area contributed by atoms with E-state index in [-0.39, 0.29) is 5.69 Å². The van der Waals surface area contributed by atoms with Crippen molar-refractivity contribution in [2.45, 2.75) is 13.0 Å². The Labute approximate surface area is 155 Å². The Morgan fingerprint density at radius 2 is 1.67 bits per heavy atom. The molecule has 4 rings (SSSR count). The number of amides is 1. The van der Waals surface area contributed by atoms with Gasteiger partial charge in [-0.25, -0.2) is 4.79 Å². The van der Waals surface area contributed by atoms with Crippen LogP contribution >= 0.6 is 0 Å². The van der Waals surface area contributed by atoms with Gasteiger partial charge in [0, 0.05) is 16.5 Å². The van der Waals surface area contributed by atoms with Crippen molar-refractivity contribution in [3.8, 4) is 0 Å². The molecular weight excluding hydrogens is 342 g/mol. The summed E-state index contributed by atoms with van der Waals surface area (Å²) < 4.78 is 5.32. The summed E-state index contributed by atoms with van der Waals surface area (Å²) in [5.41, 5.74) is 1.57. The lowest BCUT2D eigenvalue weighted by molar-refractivity contribution is -0.123. The largest absolute Gasteiger partial charge is 0.448 e. The van der Waals surface area contributed by atoms with Crippen molar-refractivity contribution in [2.24, 2.45) is 0 Å². The molecule has 27 heavy (non-hydrogen) atoms. The Bertz CT molecular complexity index is 1140. The van der Waals surface area contributed by atoms with Crippen LogP contribution in [0.5, 0.6) is 0 Å². The van der Waals surface area contributed by atoms with Crippen LogP contribution in [0.4, 0.5) is 5.69 Å². The number of anilines is 1. The number of aromatic amines is 1. The van der Waals surface area contributed by atoms with E-state index in [1.807, 2.05) is 60.7 Å². The van der Waals surface area contributed by atoms with Crippen LogP contribution in [-0.4, -0.2) is 28.2 Å². The molecule has 0 saturated carbocycles. The number of nitrogens with zero attached hydrogens (tertiary/aromatic N) is 1. The molecule has 1 amide bonds. The highest BCUT2D eigenvalue weighted by Crippen LogP contribution is 2.23. The lowest BCUT2D eigenvalue weighted by atomic mass is 10.1. The summed E-state index contributed by atoms with van der Waals surface area (Å²) in [6.45, 7) is 1.53. The highest BCUT2D eigenvalue weighted by molar-refractivity contribution is 6.06. The van der Waals surface area contributed by atoms with Gasteiger partial charge in [-0.05, 0) is 24.4 Å². The minimum atomic E-state index is -0.966. The molecule has 3 aromatic carbocycles. The predicted octanol–water partition coefficient (Wildman–Crippen LogP) is 3.90. The van der Waals surface area contributed by atoms with E-state index in [4.69, 9.17) is 4.74 Å². The van der Waals surface area contributed by atoms with Gasteiger partial charge in [-0.2, -0.15) is 5.10 Å². The van der Waals surface area contributed by atoms with Crippen molar-refractivity contribution in [2.75, 3.05) is 5.32 Å². The number of benzene rings is 3.